The summed E-state index contributed by atoms with van der Waals surface area (Å²) < 4.78 is 0. The number of benzene rings is 1. The number of carboxylic acid groups (broad SMARTS) is 1. The Balaban J connectivity index is 2.10. The van der Waals surface area contributed by atoms with Crippen LogP contribution in [0, 0.1) is 13.8 Å². The molecular weight excluding hydrogens is 216 g/mol. The molecule has 17 heavy (non-hydrogen) atoms. The molecule has 1 aliphatic rings. The summed E-state index contributed by atoms with van der Waals surface area (Å²) in [6.07, 6.45) is -0.814. The van der Waals surface area contributed by atoms with Crippen molar-refractivity contribution >= 4 is 11.8 Å². The molecule has 1 saturated heterocycles. The van der Waals surface area contributed by atoms with E-state index in [4.69, 9.17) is 5.11 Å². The molecule has 4 nitrogen and oxygen atoms in total. The van der Waals surface area contributed by atoms with Gasteiger partial charge in [0, 0.05) is 31.9 Å². The lowest BCUT2D eigenvalue weighted by atomic mass is 10.1. The van der Waals surface area contributed by atoms with Gasteiger partial charge in [-0.2, -0.15) is 0 Å². The van der Waals surface area contributed by atoms with Crippen molar-refractivity contribution in [3.8, 4) is 0 Å². The molecule has 1 fully saturated rings. The van der Waals surface area contributed by atoms with E-state index in [1.807, 2.05) is 0 Å². The highest BCUT2D eigenvalue weighted by Crippen LogP contribution is 2.23. The van der Waals surface area contributed by atoms with Crippen LogP contribution >= 0.6 is 0 Å². The molecule has 1 N–H and O–H groups in total. The standard InChI is InChI=1S/C13H18N2O2/c1-10-4-3-5-12(11(10)2)14-6-8-15(9-7-14)13(16)17/h3-5H,6-9H2,1-2H3,(H,16,17). The van der Waals surface area contributed by atoms with Gasteiger partial charge in [-0.05, 0) is 31.0 Å². The Morgan fingerprint density at radius 1 is 1.18 bits per heavy atom. The Bertz CT molecular complexity index is 423. The van der Waals surface area contributed by atoms with Gasteiger partial charge >= 0.3 is 6.09 Å². The van der Waals surface area contributed by atoms with Crippen LogP contribution in [-0.4, -0.2) is 42.3 Å². The van der Waals surface area contributed by atoms with E-state index >= 15 is 0 Å². The van der Waals surface area contributed by atoms with Gasteiger partial charge in [0.15, 0.2) is 0 Å². The van der Waals surface area contributed by atoms with Crippen LogP contribution in [0.1, 0.15) is 11.1 Å². The van der Waals surface area contributed by atoms with Gasteiger partial charge in [-0.25, -0.2) is 4.79 Å². The quantitative estimate of drug-likeness (QED) is 0.809. The minimum Gasteiger partial charge on any atom is -0.465 e. The van der Waals surface area contributed by atoms with Crippen LogP contribution < -0.4 is 4.90 Å². The SMILES string of the molecule is Cc1cccc(N2CCN(C(=O)O)CC2)c1C. The molecule has 1 amide bonds. The molecule has 92 valence electrons. The van der Waals surface area contributed by atoms with Crippen LogP contribution in [0.2, 0.25) is 0 Å². The molecule has 0 bridgehead atoms. The summed E-state index contributed by atoms with van der Waals surface area (Å²) in [6.45, 7) is 6.94. The molecule has 2 rings (SSSR count). The third-order valence-electron chi connectivity index (χ3n) is 3.47. The van der Waals surface area contributed by atoms with E-state index < -0.39 is 6.09 Å². The lowest BCUT2D eigenvalue weighted by Crippen LogP contribution is -2.48. The van der Waals surface area contributed by atoms with Crippen molar-refractivity contribution in [1.82, 2.24) is 4.90 Å². The maximum atomic E-state index is 10.8. The summed E-state index contributed by atoms with van der Waals surface area (Å²) in [5.74, 6) is 0. The monoisotopic (exact) mass is 234 g/mol. The van der Waals surface area contributed by atoms with E-state index in [2.05, 4.69) is 36.9 Å². The van der Waals surface area contributed by atoms with Gasteiger partial charge in [0.05, 0.1) is 0 Å². The number of piperazine rings is 1. The largest absolute Gasteiger partial charge is 0.465 e. The number of amides is 1. The lowest BCUT2D eigenvalue weighted by Gasteiger charge is -2.35. The Labute approximate surface area is 101 Å². The van der Waals surface area contributed by atoms with Crippen molar-refractivity contribution < 1.29 is 9.90 Å². The van der Waals surface area contributed by atoms with Crippen molar-refractivity contribution in [3.05, 3.63) is 29.3 Å². The Hall–Kier alpha value is -1.71. The number of hydrogen-bond acceptors (Lipinski definition) is 2. The molecule has 0 radical (unpaired) electrons. The van der Waals surface area contributed by atoms with Crippen molar-refractivity contribution in [2.45, 2.75) is 13.8 Å². The summed E-state index contributed by atoms with van der Waals surface area (Å²) in [4.78, 5) is 14.6. The zero-order valence-corrected chi connectivity index (χ0v) is 10.3. The molecule has 0 aromatic heterocycles. The zero-order valence-electron chi connectivity index (χ0n) is 10.3. The second kappa shape index (κ2) is 4.65. The number of anilines is 1. The second-order valence-electron chi connectivity index (χ2n) is 4.48. The van der Waals surface area contributed by atoms with Gasteiger partial charge in [0.1, 0.15) is 0 Å². The van der Waals surface area contributed by atoms with Crippen molar-refractivity contribution in [2.24, 2.45) is 0 Å². The van der Waals surface area contributed by atoms with Crippen molar-refractivity contribution in [3.63, 3.8) is 0 Å². The highest BCUT2D eigenvalue weighted by atomic mass is 16.4. The van der Waals surface area contributed by atoms with Crippen LogP contribution in [-0.2, 0) is 0 Å². The molecule has 1 aromatic rings. The minimum absolute atomic E-state index is 0.586. The molecule has 4 heteroatoms. The summed E-state index contributed by atoms with van der Waals surface area (Å²) in [5.41, 5.74) is 3.80. The van der Waals surface area contributed by atoms with Crippen molar-refractivity contribution in [2.75, 3.05) is 31.1 Å². The normalized spacial score (nSPS) is 16.1. The number of carbonyl (C=O) groups is 1. The van der Waals surface area contributed by atoms with Gasteiger partial charge in [0.2, 0.25) is 0 Å². The Morgan fingerprint density at radius 3 is 2.41 bits per heavy atom. The van der Waals surface area contributed by atoms with Crippen LogP contribution in [0.25, 0.3) is 0 Å². The second-order valence-corrected chi connectivity index (χ2v) is 4.48. The van der Waals surface area contributed by atoms with Gasteiger partial charge in [0.25, 0.3) is 0 Å². The first-order valence-corrected chi connectivity index (χ1v) is 5.88. The first kappa shape index (κ1) is 11.8. The fraction of sp³-hybridized carbons (Fsp3) is 0.462. The molecule has 0 unspecified atom stereocenters. The van der Waals surface area contributed by atoms with Crippen LogP contribution in [0.3, 0.4) is 0 Å². The summed E-state index contributed by atoms with van der Waals surface area (Å²) >= 11 is 0. The third-order valence-corrected chi connectivity index (χ3v) is 3.47. The molecule has 0 atom stereocenters. The van der Waals surface area contributed by atoms with E-state index in [1.165, 1.54) is 21.7 Å². The zero-order chi connectivity index (χ0) is 12.4. The van der Waals surface area contributed by atoms with Gasteiger partial charge in [-0.1, -0.05) is 12.1 Å². The third kappa shape index (κ3) is 2.35. The minimum atomic E-state index is -0.814. The maximum Gasteiger partial charge on any atom is 0.407 e. The van der Waals surface area contributed by atoms with E-state index in [0.29, 0.717) is 13.1 Å². The fourth-order valence-corrected chi connectivity index (χ4v) is 2.22. The van der Waals surface area contributed by atoms with Crippen LogP contribution in [0.15, 0.2) is 18.2 Å². The number of rotatable bonds is 1. The molecule has 1 heterocycles. The van der Waals surface area contributed by atoms with Crippen molar-refractivity contribution in [1.29, 1.82) is 0 Å². The predicted octanol–water partition coefficient (Wildman–Crippen LogP) is 2.10. The van der Waals surface area contributed by atoms with Gasteiger partial charge < -0.3 is 14.9 Å². The molecule has 0 aliphatic carbocycles. The molecular formula is C13H18N2O2. The average Bonchev–Trinajstić information content (AvgIpc) is 2.33. The van der Waals surface area contributed by atoms with E-state index in [1.54, 1.807) is 0 Å². The van der Waals surface area contributed by atoms with E-state index in [9.17, 15) is 4.79 Å². The Kier molecular flexibility index (Phi) is 3.22. The smallest absolute Gasteiger partial charge is 0.407 e. The highest BCUT2D eigenvalue weighted by molar-refractivity contribution is 5.66. The lowest BCUT2D eigenvalue weighted by molar-refractivity contribution is 0.142. The van der Waals surface area contributed by atoms with E-state index in [0.717, 1.165) is 13.1 Å². The van der Waals surface area contributed by atoms with Crippen LogP contribution in [0.5, 0.6) is 0 Å². The van der Waals surface area contributed by atoms with E-state index in [-0.39, 0.29) is 0 Å². The highest BCUT2D eigenvalue weighted by Gasteiger charge is 2.21. The number of nitrogens with zero attached hydrogens (tertiary/aromatic N) is 2. The predicted molar refractivity (Wildman–Crippen MR) is 67.7 cm³/mol. The van der Waals surface area contributed by atoms with Gasteiger partial charge in [-0.15, -0.1) is 0 Å². The summed E-state index contributed by atoms with van der Waals surface area (Å²) in [5, 5.41) is 8.90. The molecule has 0 spiro atoms. The first-order valence-electron chi connectivity index (χ1n) is 5.88. The molecule has 1 aromatic carbocycles. The number of aryl methyl sites for hydroxylation is 1. The molecule has 0 saturated carbocycles. The first-order chi connectivity index (χ1) is 8.09. The fourth-order valence-electron chi connectivity index (χ4n) is 2.22. The molecule has 1 aliphatic heterocycles. The topological polar surface area (TPSA) is 43.8 Å². The van der Waals surface area contributed by atoms with Gasteiger partial charge in [-0.3, -0.25) is 0 Å². The average molecular weight is 234 g/mol. The number of hydrogen-bond donors (Lipinski definition) is 1. The maximum absolute atomic E-state index is 10.8. The summed E-state index contributed by atoms with van der Waals surface area (Å²) in [7, 11) is 0. The van der Waals surface area contributed by atoms with Crippen LogP contribution in [0.4, 0.5) is 10.5 Å². The summed E-state index contributed by atoms with van der Waals surface area (Å²) in [6, 6.07) is 6.27. The Morgan fingerprint density at radius 2 is 1.82 bits per heavy atom.